The average Bonchev–Trinajstić information content (AvgIpc) is 3.15. The summed E-state index contributed by atoms with van der Waals surface area (Å²) in [5.41, 5.74) is 2.51. The van der Waals surface area contributed by atoms with Crippen LogP contribution in [0.1, 0.15) is 57.4 Å². The molecule has 2 amide bonds. The number of rotatable bonds is 8. The number of hydrogen-bond acceptors (Lipinski definition) is 6. The Kier molecular flexibility index (Phi) is 6.88. The number of hydrogen-bond donors (Lipinski definition) is 0. The lowest BCUT2D eigenvalue weighted by Crippen LogP contribution is -2.35. The van der Waals surface area contributed by atoms with E-state index >= 15 is 0 Å². The quantitative estimate of drug-likeness (QED) is 0.274. The van der Waals surface area contributed by atoms with E-state index in [1.807, 2.05) is 44.2 Å². The summed E-state index contributed by atoms with van der Waals surface area (Å²) < 4.78 is 12.2. The molecular weight excluding hydrogens is 490 g/mol. The van der Waals surface area contributed by atoms with E-state index in [0.29, 0.717) is 34.8 Å². The van der Waals surface area contributed by atoms with Crippen molar-refractivity contribution in [1.29, 1.82) is 0 Å². The van der Waals surface area contributed by atoms with Gasteiger partial charge in [-0.25, -0.2) is 4.98 Å². The predicted molar refractivity (Wildman–Crippen MR) is 139 cm³/mol. The second-order valence-electron chi connectivity index (χ2n) is 8.81. The van der Waals surface area contributed by atoms with E-state index in [2.05, 4.69) is 9.97 Å². The van der Waals surface area contributed by atoms with Crippen LogP contribution in [0.3, 0.4) is 0 Å². The molecule has 2 heterocycles. The van der Waals surface area contributed by atoms with Crippen LogP contribution in [0.4, 0.5) is 0 Å². The molecule has 8 heteroatoms. The second kappa shape index (κ2) is 10.4. The van der Waals surface area contributed by atoms with Gasteiger partial charge >= 0.3 is 0 Å². The highest BCUT2D eigenvalue weighted by molar-refractivity contribution is 6.30. The minimum atomic E-state index is -0.930. The van der Waals surface area contributed by atoms with Crippen molar-refractivity contribution in [2.45, 2.75) is 32.6 Å². The monoisotopic (exact) mass is 513 g/mol. The number of nitrogens with zero attached hydrogens (tertiary/aromatic N) is 3. The lowest BCUT2D eigenvalue weighted by atomic mass is 10.0. The predicted octanol–water partition coefficient (Wildman–Crippen LogP) is 5.88. The van der Waals surface area contributed by atoms with E-state index in [1.54, 1.807) is 42.5 Å². The van der Waals surface area contributed by atoms with Gasteiger partial charge in [0.25, 0.3) is 11.8 Å². The topological polar surface area (TPSA) is 81.6 Å². The maximum atomic E-state index is 13.5. The lowest BCUT2D eigenvalue weighted by Gasteiger charge is -2.27. The average molecular weight is 514 g/mol. The largest absolute Gasteiger partial charge is 0.487 e. The van der Waals surface area contributed by atoms with Crippen LogP contribution in [-0.2, 0) is 6.61 Å². The Labute approximate surface area is 219 Å². The number of carbonyl (C=O) groups is 2. The van der Waals surface area contributed by atoms with Crippen LogP contribution in [0.25, 0.3) is 0 Å². The maximum absolute atomic E-state index is 13.5. The van der Waals surface area contributed by atoms with Gasteiger partial charge in [0.15, 0.2) is 16.7 Å². The molecule has 186 valence electrons. The third-order valence-corrected chi connectivity index (χ3v) is 6.20. The summed E-state index contributed by atoms with van der Waals surface area (Å²) in [4.78, 5) is 36.7. The first-order chi connectivity index (χ1) is 17.9. The Balaban J connectivity index is 1.60. The summed E-state index contributed by atoms with van der Waals surface area (Å²) in [5, 5.41) is 0.0957. The first kappa shape index (κ1) is 24.5. The zero-order valence-corrected chi connectivity index (χ0v) is 21.1. The molecule has 0 radical (unpaired) electrons. The van der Waals surface area contributed by atoms with Gasteiger partial charge in [0.1, 0.15) is 18.3 Å². The molecule has 0 saturated heterocycles. The van der Waals surface area contributed by atoms with E-state index in [4.69, 9.17) is 21.1 Å². The number of aromatic nitrogens is 2. The highest BCUT2D eigenvalue weighted by atomic mass is 35.5. The van der Waals surface area contributed by atoms with Crippen molar-refractivity contribution in [3.63, 3.8) is 0 Å². The molecule has 1 unspecified atom stereocenters. The Bertz CT molecular complexity index is 1420. The molecule has 0 spiro atoms. The number of fused-ring (bicyclic) bond motifs is 1. The maximum Gasteiger partial charge on any atom is 0.262 e. The van der Waals surface area contributed by atoms with Crippen LogP contribution in [0.2, 0.25) is 5.15 Å². The van der Waals surface area contributed by atoms with Crippen LogP contribution < -0.4 is 9.47 Å². The van der Waals surface area contributed by atoms with Crippen molar-refractivity contribution < 1.29 is 19.1 Å². The van der Waals surface area contributed by atoms with Gasteiger partial charge in [-0.2, -0.15) is 0 Å². The Morgan fingerprint density at radius 2 is 1.49 bits per heavy atom. The zero-order chi connectivity index (χ0) is 25.9. The number of amides is 2. The van der Waals surface area contributed by atoms with Gasteiger partial charge in [0, 0.05) is 12.4 Å². The number of halogens is 1. The fourth-order valence-corrected chi connectivity index (χ4v) is 4.49. The molecule has 0 aliphatic carbocycles. The van der Waals surface area contributed by atoms with Gasteiger partial charge in [-0.1, -0.05) is 60.1 Å². The van der Waals surface area contributed by atoms with E-state index in [-0.39, 0.29) is 17.0 Å². The molecule has 1 aliphatic heterocycles. The summed E-state index contributed by atoms with van der Waals surface area (Å²) in [6.45, 7) is 4.16. The van der Waals surface area contributed by atoms with E-state index in [0.717, 1.165) is 5.56 Å². The van der Waals surface area contributed by atoms with Crippen molar-refractivity contribution in [2.75, 3.05) is 0 Å². The lowest BCUT2D eigenvalue weighted by molar-refractivity contribution is 0.0605. The summed E-state index contributed by atoms with van der Waals surface area (Å²) in [7, 11) is 0. The van der Waals surface area contributed by atoms with Crippen LogP contribution in [0.15, 0.2) is 85.2 Å². The molecule has 3 aromatic carbocycles. The summed E-state index contributed by atoms with van der Waals surface area (Å²) >= 11 is 6.46. The Hall–Kier alpha value is -4.23. The normalized spacial score (nSPS) is 13.6. The molecule has 1 aliphatic rings. The highest BCUT2D eigenvalue weighted by Gasteiger charge is 2.42. The highest BCUT2D eigenvalue weighted by Crippen LogP contribution is 2.40. The van der Waals surface area contributed by atoms with E-state index < -0.39 is 17.9 Å². The Morgan fingerprint density at radius 1 is 0.838 bits per heavy atom. The standard InChI is InChI=1S/C29H24ClN3O4/c1-18(2)37-23-13-12-20(16-24(23)36-17-19-8-4-3-5-9-19)26(25-27(30)32-15-14-31-25)33-28(34)21-10-6-7-11-22(21)29(33)35/h3-16,18,26H,17H2,1-2H3. The van der Waals surface area contributed by atoms with E-state index in [9.17, 15) is 9.59 Å². The number of carbonyl (C=O) groups excluding carboxylic acids is 2. The molecule has 0 fully saturated rings. The van der Waals surface area contributed by atoms with Crippen molar-refractivity contribution >= 4 is 23.4 Å². The van der Waals surface area contributed by atoms with Gasteiger partial charge in [0.2, 0.25) is 0 Å². The number of benzene rings is 3. The van der Waals surface area contributed by atoms with Gasteiger partial charge in [0.05, 0.1) is 17.2 Å². The molecule has 0 saturated carbocycles. The van der Waals surface area contributed by atoms with Crippen LogP contribution >= 0.6 is 11.6 Å². The molecule has 0 bridgehead atoms. The fourth-order valence-electron chi connectivity index (χ4n) is 4.28. The minimum Gasteiger partial charge on any atom is -0.487 e. The Morgan fingerprint density at radius 3 is 2.14 bits per heavy atom. The second-order valence-corrected chi connectivity index (χ2v) is 9.17. The molecule has 37 heavy (non-hydrogen) atoms. The summed E-state index contributed by atoms with van der Waals surface area (Å²) in [5.74, 6) is 0.154. The SMILES string of the molecule is CC(C)Oc1ccc(C(c2nccnc2Cl)N2C(=O)c3ccccc3C2=O)cc1OCc1ccccc1. The van der Waals surface area contributed by atoms with Crippen LogP contribution in [0, 0.1) is 0 Å². The zero-order valence-electron chi connectivity index (χ0n) is 20.3. The van der Waals surface area contributed by atoms with Crippen molar-refractivity contribution in [3.05, 3.63) is 118 Å². The number of imide groups is 1. The summed E-state index contributed by atoms with van der Waals surface area (Å²) in [6, 6.07) is 20.9. The third-order valence-electron chi connectivity index (χ3n) is 5.91. The van der Waals surface area contributed by atoms with Crippen molar-refractivity contribution in [3.8, 4) is 11.5 Å². The minimum absolute atomic E-state index is 0.0913. The fraction of sp³-hybridized carbons (Fsp3) is 0.172. The van der Waals surface area contributed by atoms with Gasteiger partial charge in [-0.15, -0.1) is 0 Å². The molecular formula is C29H24ClN3O4. The molecule has 1 atom stereocenters. The molecule has 5 rings (SSSR count). The van der Waals surface area contributed by atoms with Crippen LogP contribution in [-0.4, -0.2) is 32.8 Å². The molecule has 4 aromatic rings. The van der Waals surface area contributed by atoms with Crippen molar-refractivity contribution in [2.24, 2.45) is 0 Å². The van der Waals surface area contributed by atoms with Gasteiger partial charge < -0.3 is 9.47 Å². The summed E-state index contributed by atoms with van der Waals surface area (Å²) in [6.07, 6.45) is 2.85. The molecule has 1 aromatic heterocycles. The van der Waals surface area contributed by atoms with E-state index in [1.165, 1.54) is 17.3 Å². The molecule has 0 N–H and O–H groups in total. The first-order valence-electron chi connectivity index (χ1n) is 11.8. The van der Waals surface area contributed by atoms with Gasteiger partial charge in [-0.3, -0.25) is 19.5 Å². The van der Waals surface area contributed by atoms with Crippen LogP contribution in [0.5, 0.6) is 11.5 Å². The number of ether oxygens (including phenoxy) is 2. The smallest absolute Gasteiger partial charge is 0.262 e. The first-order valence-corrected chi connectivity index (χ1v) is 12.2. The van der Waals surface area contributed by atoms with Gasteiger partial charge in [-0.05, 0) is 49.2 Å². The van der Waals surface area contributed by atoms with Crippen molar-refractivity contribution in [1.82, 2.24) is 14.9 Å². The molecule has 7 nitrogen and oxygen atoms in total. The third kappa shape index (κ3) is 4.90.